The molecule has 1 fully saturated rings. The van der Waals surface area contributed by atoms with Crippen molar-refractivity contribution < 1.29 is 24.4 Å². The Labute approximate surface area is 147 Å². The van der Waals surface area contributed by atoms with Crippen LogP contribution in [-0.4, -0.2) is 59.5 Å². The second-order valence-corrected chi connectivity index (χ2v) is 7.07. The second kappa shape index (κ2) is 7.68. The van der Waals surface area contributed by atoms with Gasteiger partial charge in [-0.2, -0.15) is 0 Å². The minimum absolute atomic E-state index is 0.0650. The third-order valence-corrected chi connectivity index (χ3v) is 5.05. The van der Waals surface area contributed by atoms with Gasteiger partial charge in [-0.05, 0) is 37.8 Å². The number of benzene rings is 1. The van der Waals surface area contributed by atoms with Gasteiger partial charge < -0.3 is 14.8 Å². The molecule has 0 spiro atoms. The normalized spacial score (nSPS) is 21.6. The van der Waals surface area contributed by atoms with Gasteiger partial charge in [0.25, 0.3) is 0 Å². The molecule has 0 amide bonds. The summed E-state index contributed by atoms with van der Waals surface area (Å²) >= 11 is 0. The lowest BCUT2D eigenvalue weighted by Crippen LogP contribution is -2.41. The van der Waals surface area contributed by atoms with Gasteiger partial charge in [0.1, 0.15) is 11.5 Å². The minimum atomic E-state index is -1.08. The van der Waals surface area contributed by atoms with E-state index < -0.39 is 7.12 Å². The molecule has 2 aliphatic heterocycles. The van der Waals surface area contributed by atoms with Crippen LogP contribution in [0.3, 0.4) is 0 Å². The third-order valence-electron chi connectivity index (χ3n) is 5.05. The van der Waals surface area contributed by atoms with E-state index in [4.69, 9.17) is 4.65 Å². The zero-order valence-electron chi connectivity index (χ0n) is 14.5. The van der Waals surface area contributed by atoms with Crippen LogP contribution in [0.5, 0.6) is 5.75 Å². The van der Waals surface area contributed by atoms with Gasteiger partial charge in [-0.25, -0.2) is 0 Å². The fourth-order valence-electron chi connectivity index (χ4n) is 3.62. The maximum absolute atomic E-state index is 12.4. The highest BCUT2D eigenvalue weighted by Crippen LogP contribution is 2.36. The molecule has 2 N–H and O–H groups in total. The maximum Gasteiger partial charge on any atom is 0.526 e. The number of rotatable bonds is 5. The van der Waals surface area contributed by atoms with Crippen molar-refractivity contribution >= 4 is 18.7 Å². The Bertz CT molecular complexity index is 657. The van der Waals surface area contributed by atoms with E-state index in [1.807, 2.05) is 11.0 Å². The molecule has 134 valence electrons. The lowest BCUT2D eigenvalue weighted by molar-refractivity contribution is -0.121. The Morgan fingerprint density at radius 1 is 1.32 bits per heavy atom. The number of hydrogen-bond acceptors (Lipinski definition) is 6. The van der Waals surface area contributed by atoms with Gasteiger partial charge in [-0.15, -0.1) is 0 Å². The molecule has 1 atom stereocenters. The van der Waals surface area contributed by atoms with Gasteiger partial charge in [-0.3, -0.25) is 14.5 Å². The average Bonchev–Trinajstić information content (AvgIpc) is 2.57. The van der Waals surface area contributed by atoms with Crippen molar-refractivity contribution in [2.75, 3.05) is 19.6 Å². The van der Waals surface area contributed by atoms with Crippen molar-refractivity contribution in [2.24, 2.45) is 0 Å². The third kappa shape index (κ3) is 4.29. The summed E-state index contributed by atoms with van der Waals surface area (Å²) in [6, 6.07) is 5.36. The molecule has 6 nitrogen and oxygen atoms in total. The fourth-order valence-corrected chi connectivity index (χ4v) is 3.62. The van der Waals surface area contributed by atoms with E-state index in [-0.39, 0.29) is 29.9 Å². The van der Waals surface area contributed by atoms with Gasteiger partial charge in [0.15, 0.2) is 5.78 Å². The Morgan fingerprint density at radius 3 is 2.72 bits per heavy atom. The number of nitrogens with zero attached hydrogens (tertiary/aromatic N) is 1. The molecular formula is C18H24BNO5. The Kier molecular flexibility index (Phi) is 5.56. The first kappa shape index (κ1) is 18.1. The average molecular weight is 345 g/mol. The van der Waals surface area contributed by atoms with Crippen molar-refractivity contribution in [3.05, 3.63) is 29.3 Å². The molecule has 2 aliphatic rings. The van der Waals surface area contributed by atoms with Crippen LogP contribution in [-0.2, 0) is 11.2 Å². The number of Topliss-reactive ketones (excluding diaryl/α,β-unsaturated/α-hetero) is 2. The van der Waals surface area contributed by atoms with E-state index >= 15 is 0 Å². The summed E-state index contributed by atoms with van der Waals surface area (Å²) < 4.78 is 5.58. The van der Waals surface area contributed by atoms with Crippen molar-refractivity contribution in [3.8, 4) is 5.75 Å². The molecule has 7 heteroatoms. The van der Waals surface area contributed by atoms with Crippen LogP contribution in [0.15, 0.2) is 18.2 Å². The molecule has 1 aromatic rings. The number of fused-ring (bicyclic) bond motifs is 1. The van der Waals surface area contributed by atoms with Gasteiger partial charge in [-0.1, -0.05) is 12.1 Å². The maximum atomic E-state index is 12.4. The summed E-state index contributed by atoms with van der Waals surface area (Å²) in [6.45, 7) is 3.26. The van der Waals surface area contributed by atoms with E-state index in [1.54, 1.807) is 12.1 Å². The molecule has 1 saturated heterocycles. The van der Waals surface area contributed by atoms with Gasteiger partial charge in [0.2, 0.25) is 0 Å². The zero-order valence-corrected chi connectivity index (χ0v) is 14.5. The molecule has 0 aromatic heterocycles. The number of hydrogen-bond donors (Lipinski definition) is 2. The molecule has 3 rings (SSSR count). The molecular weight excluding hydrogens is 321 g/mol. The van der Waals surface area contributed by atoms with Crippen LogP contribution >= 0.6 is 0 Å². The largest absolute Gasteiger partial charge is 0.535 e. The molecule has 25 heavy (non-hydrogen) atoms. The van der Waals surface area contributed by atoms with Crippen molar-refractivity contribution in [2.45, 2.75) is 44.5 Å². The second-order valence-electron chi connectivity index (χ2n) is 7.07. The van der Waals surface area contributed by atoms with Crippen molar-refractivity contribution in [1.29, 1.82) is 0 Å². The molecule has 1 aromatic carbocycles. The number of carbonyl (C=O) groups excluding carboxylic acids is 2. The summed E-state index contributed by atoms with van der Waals surface area (Å²) in [6.07, 6.45) is 1.89. The summed E-state index contributed by atoms with van der Waals surface area (Å²) in [5, 5.41) is 19.8. The summed E-state index contributed by atoms with van der Waals surface area (Å²) in [5.74, 6) is 0.0925. The molecule has 0 unspecified atom stereocenters. The van der Waals surface area contributed by atoms with E-state index in [9.17, 15) is 19.7 Å². The predicted molar refractivity (Wildman–Crippen MR) is 93.8 cm³/mol. The van der Waals surface area contributed by atoms with E-state index in [0.717, 1.165) is 18.7 Å². The lowest BCUT2D eigenvalue weighted by atomic mass is 9.64. The van der Waals surface area contributed by atoms with Crippen LogP contribution in [0.4, 0.5) is 0 Å². The molecule has 0 saturated carbocycles. The van der Waals surface area contributed by atoms with Gasteiger partial charge in [0, 0.05) is 25.3 Å². The van der Waals surface area contributed by atoms with E-state index in [1.165, 1.54) is 6.92 Å². The Hall–Kier alpha value is -1.70. The zero-order chi connectivity index (χ0) is 18.0. The molecule has 0 bridgehead atoms. The molecule has 0 radical (unpaired) electrons. The standard InChI is InChI=1S/C18H24BNO5/c1-12(21)17-4-2-3-13-9-14(19(24)25-18(13)17)10-16(23)11-20-7-5-15(22)6-8-20/h2-4,14-15,22,24H,5-11H2,1H3/t14-/m1/s1. The predicted octanol–water partition coefficient (Wildman–Crippen LogP) is 1.09. The highest BCUT2D eigenvalue weighted by Gasteiger charge is 2.37. The first-order valence-electron chi connectivity index (χ1n) is 8.83. The first-order valence-corrected chi connectivity index (χ1v) is 8.83. The Balaban J connectivity index is 1.61. The lowest BCUT2D eigenvalue weighted by Gasteiger charge is -2.31. The topological polar surface area (TPSA) is 87.1 Å². The number of aliphatic hydroxyl groups excluding tert-OH is 1. The van der Waals surface area contributed by atoms with Crippen LogP contribution in [0.1, 0.15) is 42.1 Å². The number of para-hydroxylation sites is 1. The summed E-state index contributed by atoms with van der Waals surface area (Å²) in [4.78, 5) is 26.1. The number of carbonyl (C=O) groups is 2. The number of ketones is 2. The minimum Gasteiger partial charge on any atom is -0.535 e. The Morgan fingerprint density at radius 2 is 2.04 bits per heavy atom. The van der Waals surface area contributed by atoms with Crippen LogP contribution in [0, 0.1) is 0 Å². The fraction of sp³-hybridized carbons (Fsp3) is 0.556. The van der Waals surface area contributed by atoms with Crippen LogP contribution < -0.4 is 4.65 Å². The van der Waals surface area contributed by atoms with Crippen molar-refractivity contribution in [1.82, 2.24) is 4.90 Å². The first-order chi connectivity index (χ1) is 11.9. The monoisotopic (exact) mass is 345 g/mol. The number of piperidine rings is 1. The SMILES string of the molecule is CC(=O)c1cccc2c1OB(O)[C@@H](CC(=O)CN1CCC(O)CC1)C2. The van der Waals surface area contributed by atoms with Gasteiger partial charge in [0.05, 0.1) is 18.2 Å². The summed E-state index contributed by atoms with van der Waals surface area (Å²) in [7, 11) is -1.08. The van der Waals surface area contributed by atoms with E-state index in [2.05, 4.69) is 0 Å². The van der Waals surface area contributed by atoms with Crippen LogP contribution in [0.25, 0.3) is 0 Å². The van der Waals surface area contributed by atoms with Gasteiger partial charge >= 0.3 is 7.12 Å². The quantitative estimate of drug-likeness (QED) is 0.614. The van der Waals surface area contributed by atoms with Crippen molar-refractivity contribution in [3.63, 3.8) is 0 Å². The highest BCUT2D eigenvalue weighted by molar-refractivity contribution is 6.47. The smallest absolute Gasteiger partial charge is 0.526 e. The highest BCUT2D eigenvalue weighted by atomic mass is 16.5. The number of likely N-dealkylation sites (tertiary alicyclic amines) is 1. The summed E-state index contributed by atoms with van der Waals surface area (Å²) in [5.41, 5.74) is 1.32. The molecule has 0 aliphatic carbocycles. The number of aliphatic hydroxyl groups is 1. The van der Waals surface area contributed by atoms with Crippen LogP contribution in [0.2, 0.25) is 5.82 Å². The molecule has 2 heterocycles. The van der Waals surface area contributed by atoms with E-state index in [0.29, 0.717) is 37.1 Å².